The van der Waals surface area contributed by atoms with Gasteiger partial charge >= 0.3 is 6.01 Å². The van der Waals surface area contributed by atoms with Gasteiger partial charge in [0, 0.05) is 19.4 Å². The van der Waals surface area contributed by atoms with Crippen LogP contribution in [-0.4, -0.2) is 31.1 Å². The van der Waals surface area contributed by atoms with Crippen LogP contribution in [0, 0.1) is 0 Å². The number of nitrogens with zero attached hydrogens (tertiary/aromatic N) is 5. The predicted octanol–water partition coefficient (Wildman–Crippen LogP) is 0.441. The zero-order valence-electron chi connectivity index (χ0n) is 9.99. The Morgan fingerprint density at radius 3 is 2.89 bits per heavy atom. The van der Waals surface area contributed by atoms with E-state index < -0.39 is 0 Å². The summed E-state index contributed by atoms with van der Waals surface area (Å²) in [5, 5.41) is 1.24. The first-order chi connectivity index (χ1) is 8.72. The van der Waals surface area contributed by atoms with Crippen molar-refractivity contribution < 1.29 is 4.74 Å². The van der Waals surface area contributed by atoms with Crippen LogP contribution in [0.15, 0.2) is 22.7 Å². The highest BCUT2D eigenvalue weighted by molar-refractivity contribution is 7.99. The van der Waals surface area contributed by atoms with Crippen molar-refractivity contribution in [2.45, 2.75) is 17.2 Å². The van der Waals surface area contributed by atoms with Gasteiger partial charge in [0.05, 0.1) is 6.61 Å². The maximum Gasteiger partial charge on any atom is 0.322 e. The predicted molar refractivity (Wildman–Crippen MR) is 66.1 cm³/mol. The first-order valence-corrected chi connectivity index (χ1v) is 6.05. The number of nitrogens with one attached hydrogen (secondary N) is 1. The lowest BCUT2D eigenvalue weighted by molar-refractivity contribution is 0.308. The molecule has 0 aliphatic rings. The minimum Gasteiger partial charge on any atom is -0.464 e. The van der Waals surface area contributed by atoms with Gasteiger partial charge in [0.15, 0.2) is 5.16 Å². The van der Waals surface area contributed by atoms with Crippen LogP contribution in [0.2, 0.25) is 0 Å². The molecule has 0 aromatic carbocycles. The van der Waals surface area contributed by atoms with Crippen LogP contribution in [-0.2, 0) is 7.05 Å². The third kappa shape index (κ3) is 2.87. The normalized spacial score (nSPS) is 10.4. The molecule has 0 saturated carbocycles. The van der Waals surface area contributed by atoms with Gasteiger partial charge in [-0.1, -0.05) is 0 Å². The highest BCUT2D eigenvalue weighted by atomic mass is 32.2. The third-order valence-electron chi connectivity index (χ3n) is 1.96. The second kappa shape index (κ2) is 5.65. The third-order valence-corrected chi connectivity index (χ3v) is 2.90. The molecule has 0 saturated heterocycles. The fourth-order valence-corrected chi connectivity index (χ4v) is 1.91. The molecule has 0 radical (unpaired) electrons. The molecule has 3 N–H and O–H groups in total. The molecule has 2 heterocycles. The van der Waals surface area contributed by atoms with Gasteiger partial charge in [-0.3, -0.25) is 5.43 Å². The Morgan fingerprint density at radius 2 is 2.28 bits per heavy atom. The van der Waals surface area contributed by atoms with Crippen molar-refractivity contribution in [3.63, 3.8) is 0 Å². The Balaban J connectivity index is 2.26. The SMILES string of the molecule is CCOc1nc(NN)nc(Sc2nccn2C)n1. The molecule has 18 heavy (non-hydrogen) atoms. The molecule has 0 amide bonds. The van der Waals surface area contributed by atoms with Crippen LogP contribution in [0.5, 0.6) is 6.01 Å². The summed E-state index contributed by atoms with van der Waals surface area (Å²) in [5.41, 5.74) is 2.38. The highest BCUT2D eigenvalue weighted by Crippen LogP contribution is 2.24. The van der Waals surface area contributed by atoms with E-state index in [2.05, 4.69) is 25.4 Å². The molecule has 96 valence electrons. The van der Waals surface area contributed by atoms with Crippen LogP contribution in [0.3, 0.4) is 0 Å². The number of imidazole rings is 1. The van der Waals surface area contributed by atoms with E-state index in [-0.39, 0.29) is 12.0 Å². The Kier molecular flexibility index (Phi) is 3.95. The Morgan fingerprint density at radius 1 is 1.44 bits per heavy atom. The van der Waals surface area contributed by atoms with Gasteiger partial charge < -0.3 is 9.30 Å². The number of nitrogens with two attached hydrogens (primary N) is 1. The lowest BCUT2D eigenvalue weighted by atomic mass is 10.8. The van der Waals surface area contributed by atoms with Gasteiger partial charge in [-0.15, -0.1) is 0 Å². The van der Waals surface area contributed by atoms with Crippen molar-refractivity contribution in [3.8, 4) is 6.01 Å². The van der Waals surface area contributed by atoms with Gasteiger partial charge in [-0.2, -0.15) is 15.0 Å². The number of hydrogen-bond donors (Lipinski definition) is 2. The van der Waals surface area contributed by atoms with E-state index in [0.29, 0.717) is 11.8 Å². The molecule has 2 aromatic heterocycles. The summed E-state index contributed by atoms with van der Waals surface area (Å²) in [6.45, 7) is 2.32. The molecule has 9 heteroatoms. The number of anilines is 1. The zero-order chi connectivity index (χ0) is 13.0. The van der Waals surface area contributed by atoms with Crippen molar-refractivity contribution in [2.75, 3.05) is 12.0 Å². The molecular formula is C9H13N7OS. The number of hydrogen-bond acceptors (Lipinski definition) is 8. The summed E-state index contributed by atoms with van der Waals surface area (Å²) >= 11 is 1.30. The number of aryl methyl sites for hydroxylation is 1. The molecule has 0 aliphatic heterocycles. The van der Waals surface area contributed by atoms with Crippen LogP contribution in [0.4, 0.5) is 5.95 Å². The van der Waals surface area contributed by atoms with E-state index in [9.17, 15) is 0 Å². The van der Waals surface area contributed by atoms with Crippen LogP contribution >= 0.6 is 11.8 Å². The number of hydrazine groups is 1. The summed E-state index contributed by atoms with van der Waals surface area (Å²) in [5.74, 6) is 5.55. The Labute approximate surface area is 108 Å². The van der Waals surface area contributed by atoms with Gasteiger partial charge in [0.1, 0.15) is 0 Å². The van der Waals surface area contributed by atoms with Crippen molar-refractivity contribution in [1.82, 2.24) is 24.5 Å². The Hall–Kier alpha value is -1.87. The summed E-state index contributed by atoms with van der Waals surface area (Å²) in [6.07, 6.45) is 3.55. The zero-order valence-corrected chi connectivity index (χ0v) is 10.8. The van der Waals surface area contributed by atoms with Crippen LogP contribution in [0.25, 0.3) is 0 Å². The maximum absolute atomic E-state index is 5.30. The number of nitrogen functional groups attached to an aromatic ring is 1. The summed E-state index contributed by atoms with van der Waals surface area (Å²) in [4.78, 5) is 16.4. The summed E-state index contributed by atoms with van der Waals surface area (Å²) < 4.78 is 7.11. The lowest BCUT2D eigenvalue weighted by Crippen LogP contribution is -2.12. The van der Waals surface area contributed by atoms with E-state index in [1.165, 1.54) is 11.8 Å². The number of aromatic nitrogens is 5. The molecule has 0 bridgehead atoms. The lowest BCUT2D eigenvalue weighted by Gasteiger charge is -2.06. The largest absolute Gasteiger partial charge is 0.464 e. The fraction of sp³-hybridized carbons (Fsp3) is 0.333. The molecule has 0 unspecified atom stereocenters. The first kappa shape index (κ1) is 12.6. The maximum atomic E-state index is 5.30. The minimum absolute atomic E-state index is 0.233. The van der Waals surface area contributed by atoms with E-state index in [1.807, 2.05) is 24.7 Å². The minimum atomic E-state index is 0.233. The summed E-state index contributed by atoms with van der Waals surface area (Å²) in [7, 11) is 1.89. The van der Waals surface area contributed by atoms with Crippen molar-refractivity contribution >= 4 is 17.7 Å². The molecule has 0 spiro atoms. The molecule has 2 aromatic rings. The van der Waals surface area contributed by atoms with Gasteiger partial charge in [-0.05, 0) is 18.7 Å². The van der Waals surface area contributed by atoms with Crippen molar-refractivity contribution in [2.24, 2.45) is 12.9 Å². The molecule has 8 nitrogen and oxygen atoms in total. The monoisotopic (exact) mass is 267 g/mol. The van der Waals surface area contributed by atoms with Gasteiger partial charge in [0.2, 0.25) is 11.1 Å². The van der Waals surface area contributed by atoms with E-state index in [1.54, 1.807) is 6.20 Å². The molecule has 0 fully saturated rings. The smallest absolute Gasteiger partial charge is 0.322 e. The second-order valence-electron chi connectivity index (χ2n) is 3.22. The van der Waals surface area contributed by atoms with Crippen LogP contribution in [0.1, 0.15) is 6.92 Å². The Bertz CT molecular complexity index is 529. The van der Waals surface area contributed by atoms with Gasteiger partial charge in [-0.25, -0.2) is 10.8 Å². The molecule has 2 rings (SSSR count). The van der Waals surface area contributed by atoms with E-state index in [4.69, 9.17) is 10.6 Å². The number of rotatable bonds is 5. The van der Waals surface area contributed by atoms with E-state index in [0.717, 1.165) is 5.16 Å². The van der Waals surface area contributed by atoms with Crippen LogP contribution < -0.4 is 16.0 Å². The van der Waals surface area contributed by atoms with Gasteiger partial charge in [0.25, 0.3) is 0 Å². The standard InChI is InChI=1S/C9H13N7OS/c1-3-17-7-12-6(15-10)13-8(14-7)18-9-11-4-5-16(9)2/h4-5H,3,10H2,1-2H3,(H,12,13,14,15). The van der Waals surface area contributed by atoms with E-state index >= 15 is 0 Å². The molecule has 0 aliphatic carbocycles. The highest BCUT2D eigenvalue weighted by Gasteiger charge is 2.10. The van der Waals surface area contributed by atoms with Crippen molar-refractivity contribution in [1.29, 1.82) is 0 Å². The quantitative estimate of drug-likeness (QED) is 0.594. The topological polar surface area (TPSA) is 104 Å². The average molecular weight is 267 g/mol. The second-order valence-corrected chi connectivity index (χ2v) is 4.16. The van der Waals surface area contributed by atoms with Crippen molar-refractivity contribution in [3.05, 3.63) is 12.4 Å². The summed E-state index contributed by atoms with van der Waals surface area (Å²) in [6, 6.07) is 0.233. The molecular weight excluding hydrogens is 254 g/mol. The molecule has 0 atom stereocenters. The average Bonchev–Trinajstić information content (AvgIpc) is 2.75. The fourth-order valence-electron chi connectivity index (χ4n) is 1.17. The first-order valence-electron chi connectivity index (χ1n) is 5.23. The number of ether oxygens (including phenoxy) is 1.